The van der Waals surface area contributed by atoms with Crippen molar-refractivity contribution in [2.24, 2.45) is 5.73 Å². The summed E-state index contributed by atoms with van der Waals surface area (Å²) in [5.74, 6) is 3.70. The molecule has 2 aromatic rings. The molecule has 1 unspecified atom stereocenters. The largest absolute Gasteiger partial charge is 0.398 e. The van der Waals surface area contributed by atoms with E-state index in [0.29, 0.717) is 12.1 Å². The zero-order valence-electron chi connectivity index (χ0n) is 17.4. The van der Waals surface area contributed by atoms with Gasteiger partial charge in [-0.2, -0.15) is 0 Å². The Morgan fingerprint density at radius 2 is 1.93 bits per heavy atom. The van der Waals surface area contributed by atoms with E-state index in [1.807, 2.05) is 32.0 Å². The Hall–Kier alpha value is -2.57. The van der Waals surface area contributed by atoms with Gasteiger partial charge in [-0.25, -0.2) is 0 Å². The SMILES string of the molecule is C=S(C)N1CC=C(CNc2c(C(N)=O)ccc(-c3cccc(N)c3C)c2C)CC1. The molecule has 0 aliphatic carbocycles. The Morgan fingerprint density at radius 1 is 1.21 bits per heavy atom. The molecule has 0 bridgehead atoms. The van der Waals surface area contributed by atoms with Crippen LogP contribution in [0.2, 0.25) is 0 Å². The normalized spacial score (nSPS) is 15.6. The molecular weight excluding hydrogens is 380 g/mol. The molecule has 5 nitrogen and oxygen atoms in total. The Balaban J connectivity index is 1.92. The van der Waals surface area contributed by atoms with Gasteiger partial charge in [-0.3, -0.25) is 9.10 Å². The van der Waals surface area contributed by atoms with Gasteiger partial charge in [-0.05, 0) is 60.9 Å². The van der Waals surface area contributed by atoms with E-state index >= 15 is 0 Å². The number of carbonyl (C=O) groups is 1. The van der Waals surface area contributed by atoms with E-state index in [-0.39, 0.29) is 10.7 Å². The van der Waals surface area contributed by atoms with Gasteiger partial charge in [0.05, 0.1) is 11.3 Å². The van der Waals surface area contributed by atoms with Crippen LogP contribution in [-0.2, 0) is 0 Å². The second kappa shape index (κ2) is 8.84. The van der Waals surface area contributed by atoms with Crippen molar-refractivity contribution in [2.75, 3.05) is 36.9 Å². The van der Waals surface area contributed by atoms with E-state index < -0.39 is 5.91 Å². The van der Waals surface area contributed by atoms with E-state index in [9.17, 15) is 4.79 Å². The maximum atomic E-state index is 12.0. The van der Waals surface area contributed by atoms with Gasteiger partial charge in [0.15, 0.2) is 0 Å². The Bertz CT molecular complexity index is 997. The molecule has 2 aromatic carbocycles. The van der Waals surface area contributed by atoms with Gasteiger partial charge in [-0.15, -0.1) is 10.7 Å². The third-order valence-corrected chi connectivity index (χ3v) is 6.81. The summed E-state index contributed by atoms with van der Waals surface area (Å²) >= 11 is 0. The number of amides is 1. The highest BCUT2D eigenvalue weighted by Gasteiger charge is 2.17. The van der Waals surface area contributed by atoms with Crippen molar-refractivity contribution in [1.29, 1.82) is 0 Å². The molecule has 154 valence electrons. The van der Waals surface area contributed by atoms with E-state index in [1.165, 1.54) is 5.57 Å². The third-order valence-electron chi connectivity index (χ3n) is 5.60. The molecule has 1 amide bonds. The molecule has 0 radical (unpaired) electrons. The average Bonchev–Trinajstić information content (AvgIpc) is 2.69. The molecule has 0 fully saturated rings. The second-order valence-corrected chi connectivity index (χ2v) is 9.22. The lowest BCUT2D eigenvalue weighted by Gasteiger charge is -2.27. The van der Waals surface area contributed by atoms with E-state index in [0.717, 1.165) is 53.1 Å². The van der Waals surface area contributed by atoms with Gasteiger partial charge in [0.25, 0.3) is 5.91 Å². The number of hydrogen-bond donors (Lipinski definition) is 3. The van der Waals surface area contributed by atoms with Crippen LogP contribution in [0.3, 0.4) is 0 Å². The quantitative estimate of drug-likeness (QED) is 0.383. The second-order valence-electron chi connectivity index (χ2n) is 7.50. The van der Waals surface area contributed by atoms with Gasteiger partial charge in [0, 0.05) is 25.3 Å². The van der Waals surface area contributed by atoms with Gasteiger partial charge < -0.3 is 16.8 Å². The highest BCUT2D eigenvalue weighted by atomic mass is 32.2. The van der Waals surface area contributed by atoms with E-state index in [4.69, 9.17) is 11.5 Å². The fourth-order valence-corrected chi connectivity index (χ4v) is 4.45. The first-order chi connectivity index (χ1) is 13.8. The molecule has 5 N–H and O–H groups in total. The number of nitrogens with two attached hydrogens (primary N) is 2. The van der Waals surface area contributed by atoms with Crippen molar-refractivity contribution in [2.45, 2.75) is 20.3 Å². The molecule has 1 aliphatic rings. The number of primary amides is 1. The molecule has 0 aromatic heterocycles. The van der Waals surface area contributed by atoms with Crippen molar-refractivity contribution in [3.05, 3.63) is 58.7 Å². The van der Waals surface area contributed by atoms with Crippen molar-refractivity contribution >= 4 is 33.8 Å². The van der Waals surface area contributed by atoms with Crippen LogP contribution in [0.4, 0.5) is 11.4 Å². The highest BCUT2D eigenvalue weighted by molar-refractivity contribution is 8.11. The molecule has 1 heterocycles. The van der Waals surface area contributed by atoms with Crippen LogP contribution in [0.15, 0.2) is 42.0 Å². The Morgan fingerprint density at radius 3 is 2.55 bits per heavy atom. The predicted molar refractivity (Wildman–Crippen MR) is 128 cm³/mol. The minimum Gasteiger partial charge on any atom is -0.398 e. The molecule has 1 atom stereocenters. The van der Waals surface area contributed by atoms with Crippen LogP contribution < -0.4 is 16.8 Å². The molecule has 0 saturated carbocycles. The third kappa shape index (κ3) is 4.54. The van der Waals surface area contributed by atoms with Gasteiger partial charge in [0.2, 0.25) is 0 Å². The molecule has 0 saturated heterocycles. The van der Waals surface area contributed by atoms with Gasteiger partial charge in [0.1, 0.15) is 0 Å². The molecule has 6 heteroatoms. The molecule has 1 aliphatic heterocycles. The van der Waals surface area contributed by atoms with Crippen LogP contribution in [0, 0.1) is 13.8 Å². The zero-order valence-corrected chi connectivity index (χ0v) is 18.2. The maximum absolute atomic E-state index is 12.0. The number of benzene rings is 2. The first-order valence-electron chi connectivity index (χ1n) is 9.71. The Kier molecular flexibility index (Phi) is 6.45. The zero-order chi connectivity index (χ0) is 21.1. The summed E-state index contributed by atoms with van der Waals surface area (Å²) in [7, 11) is 0.0480. The number of rotatable bonds is 6. The summed E-state index contributed by atoms with van der Waals surface area (Å²) in [4.78, 5) is 12.0. The average molecular weight is 411 g/mol. The highest BCUT2D eigenvalue weighted by Crippen LogP contribution is 2.35. The van der Waals surface area contributed by atoms with Crippen LogP contribution in [-0.4, -0.2) is 42.0 Å². The van der Waals surface area contributed by atoms with Crippen LogP contribution in [0.1, 0.15) is 27.9 Å². The van der Waals surface area contributed by atoms with Gasteiger partial charge in [-0.1, -0.05) is 35.7 Å². The van der Waals surface area contributed by atoms with Crippen molar-refractivity contribution in [3.63, 3.8) is 0 Å². The first-order valence-corrected chi connectivity index (χ1v) is 11.5. The maximum Gasteiger partial charge on any atom is 0.250 e. The smallest absolute Gasteiger partial charge is 0.250 e. The molecule has 29 heavy (non-hydrogen) atoms. The number of nitrogen functional groups attached to an aromatic ring is 1. The number of nitrogens with zero attached hydrogens (tertiary/aromatic N) is 1. The summed E-state index contributed by atoms with van der Waals surface area (Å²) in [5.41, 5.74) is 19.3. The van der Waals surface area contributed by atoms with Crippen molar-refractivity contribution in [3.8, 4) is 11.1 Å². The topological polar surface area (TPSA) is 84.4 Å². The number of hydrogen-bond acceptors (Lipinski definition) is 4. The van der Waals surface area contributed by atoms with Crippen LogP contribution in [0.5, 0.6) is 0 Å². The lowest BCUT2D eigenvalue weighted by atomic mass is 9.92. The van der Waals surface area contributed by atoms with E-state index in [1.54, 1.807) is 6.07 Å². The lowest BCUT2D eigenvalue weighted by Crippen LogP contribution is -2.25. The minimum atomic E-state index is -0.428. The monoisotopic (exact) mass is 410 g/mol. The van der Waals surface area contributed by atoms with Crippen LogP contribution >= 0.6 is 10.7 Å². The lowest BCUT2D eigenvalue weighted by molar-refractivity contribution is 0.100. The van der Waals surface area contributed by atoms with E-state index in [2.05, 4.69) is 33.9 Å². The fourth-order valence-electron chi connectivity index (χ4n) is 3.72. The Labute approximate surface area is 175 Å². The number of nitrogens with one attached hydrogen (secondary N) is 1. The van der Waals surface area contributed by atoms with Crippen LogP contribution in [0.25, 0.3) is 11.1 Å². The molecule has 3 rings (SSSR count). The summed E-state index contributed by atoms with van der Waals surface area (Å²) in [6.45, 7) is 6.67. The van der Waals surface area contributed by atoms with Gasteiger partial charge >= 0.3 is 0 Å². The summed E-state index contributed by atoms with van der Waals surface area (Å²) < 4.78 is 2.37. The minimum absolute atomic E-state index is 0.0480. The number of anilines is 2. The van der Waals surface area contributed by atoms with Crippen molar-refractivity contribution in [1.82, 2.24) is 4.31 Å². The standard InChI is InChI=1S/C23H30N4OS/c1-15-18(6-5-7-21(15)24)19-8-9-20(23(25)28)22(16(19)2)26-14-17-10-12-27(13-11-17)29(3)4/h5-10,26H,3,11-14,24H2,1-2,4H3,(H2,25,28). The summed E-state index contributed by atoms with van der Waals surface area (Å²) in [6.07, 6.45) is 5.40. The first kappa shape index (κ1) is 21.1. The fraction of sp³-hybridized carbons (Fsp3) is 0.304. The summed E-state index contributed by atoms with van der Waals surface area (Å²) in [6, 6.07) is 9.67. The molecule has 0 spiro atoms. The summed E-state index contributed by atoms with van der Waals surface area (Å²) in [5, 5.41) is 3.49. The number of carbonyl (C=O) groups excluding carboxylic acids is 1. The molecular formula is C23H30N4OS. The van der Waals surface area contributed by atoms with Crippen molar-refractivity contribution < 1.29 is 4.79 Å². The predicted octanol–water partition coefficient (Wildman–Crippen LogP) is 3.94.